The van der Waals surface area contributed by atoms with Gasteiger partial charge >= 0.3 is 0 Å². The van der Waals surface area contributed by atoms with E-state index >= 15 is 0 Å². The van der Waals surface area contributed by atoms with Crippen LogP contribution in [0.1, 0.15) is 36.5 Å². The molecule has 1 aromatic carbocycles. The predicted octanol–water partition coefficient (Wildman–Crippen LogP) is 2.75. The molecule has 2 N–H and O–H groups in total. The van der Waals surface area contributed by atoms with Gasteiger partial charge in [-0.05, 0) is 55.0 Å². The van der Waals surface area contributed by atoms with Crippen molar-refractivity contribution in [2.45, 2.75) is 26.2 Å². The third-order valence-corrected chi connectivity index (χ3v) is 4.53. The fourth-order valence-corrected chi connectivity index (χ4v) is 2.73. The summed E-state index contributed by atoms with van der Waals surface area (Å²) < 4.78 is 5.42. The Hall–Kier alpha value is -2.14. The summed E-state index contributed by atoms with van der Waals surface area (Å²) in [5.74, 6) is -0.363. The average molecular weight is 316 g/mol. The van der Waals surface area contributed by atoms with Crippen molar-refractivity contribution in [3.63, 3.8) is 0 Å². The molecule has 23 heavy (non-hydrogen) atoms. The molecular formula is C18H24N2O3. The minimum atomic E-state index is -0.272. The molecule has 2 rings (SSSR count). The van der Waals surface area contributed by atoms with E-state index < -0.39 is 0 Å². The van der Waals surface area contributed by atoms with E-state index in [0.29, 0.717) is 17.8 Å². The first-order valence-corrected chi connectivity index (χ1v) is 7.98. The molecule has 2 amide bonds. The Morgan fingerprint density at radius 2 is 1.91 bits per heavy atom. The van der Waals surface area contributed by atoms with Gasteiger partial charge in [0.2, 0.25) is 5.91 Å². The number of hydrogen-bond donors (Lipinski definition) is 2. The molecule has 124 valence electrons. The van der Waals surface area contributed by atoms with Gasteiger partial charge < -0.3 is 15.4 Å². The maximum absolute atomic E-state index is 12.3. The first-order valence-electron chi connectivity index (χ1n) is 7.98. The van der Waals surface area contributed by atoms with Crippen molar-refractivity contribution in [3.05, 3.63) is 42.5 Å². The summed E-state index contributed by atoms with van der Waals surface area (Å²) in [6.45, 7) is 7.76. The van der Waals surface area contributed by atoms with Crippen LogP contribution in [0.3, 0.4) is 0 Å². The van der Waals surface area contributed by atoms with Crippen LogP contribution >= 0.6 is 0 Å². The minimum absolute atomic E-state index is 0.0917. The molecule has 0 aliphatic carbocycles. The zero-order valence-electron chi connectivity index (χ0n) is 13.6. The Morgan fingerprint density at radius 3 is 2.48 bits per heavy atom. The highest BCUT2D eigenvalue weighted by Crippen LogP contribution is 2.33. The molecule has 1 fully saturated rings. The molecule has 1 heterocycles. The van der Waals surface area contributed by atoms with Crippen LogP contribution < -0.4 is 10.6 Å². The Balaban J connectivity index is 1.92. The van der Waals surface area contributed by atoms with Gasteiger partial charge in [-0.1, -0.05) is 13.5 Å². The van der Waals surface area contributed by atoms with Crippen LogP contribution in [0.25, 0.3) is 0 Å². The smallest absolute Gasteiger partial charge is 0.251 e. The topological polar surface area (TPSA) is 67.4 Å². The summed E-state index contributed by atoms with van der Waals surface area (Å²) in [7, 11) is 0. The zero-order chi connectivity index (χ0) is 16.7. The number of amides is 2. The molecular weight excluding hydrogens is 292 g/mol. The molecule has 0 bridgehead atoms. The number of ether oxygens (including phenoxy) is 1. The quantitative estimate of drug-likeness (QED) is 0.793. The van der Waals surface area contributed by atoms with E-state index in [1.807, 2.05) is 0 Å². The summed E-state index contributed by atoms with van der Waals surface area (Å²) in [6.07, 6.45) is 4.20. The number of carbonyl (C=O) groups excluding carboxylic acids is 2. The standard InChI is InChI=1S/C18H24N2O3/c1-3-16(21)20-15-7-5-14(6-8-15)17(22)19-13-18(4-2)9-11-23-12-10-18/h3,5-8H,1,4,9-13H2,2H3,(H,19,22)(H,20,21). The van der Waals surface area contributed by atoms with Crippen LogP contribution in [0.15, 0.2) is 36.9 Å². The van der Waals surface area contributed by atoms with Crippen LogP contribution in [0.4, 0.5) is 5.69 Å². The lowest BCUT2D eigenvalue weighted by Crippen LogP contribution is -2.41. The molecule has 0 radical (unpaired) electrons. The summed E-state index contributed by atoms with van der Waals surface area (Å²) in [5, 5.41) is 5.69. The van der Waals surface area contributed by atoms with Gasteiger partial charge in [0.05, 0.1) is 0 Å². The molecule has 0 unspecified atom stereocenters. The normalized spacial score (nSPS) is 16.4. The largest absolute Gasteiger partial charge is 0.381 e. The lowest BCUT2D eigenvalue weighted by Gasteiger charge is -2.36. The summed E-state index contributed by atoms with van der Waals surface area (Å²) >= 11 is 0. The molecule has 0 atom stereocenters. The Morgan fingerprint density at radius 1 is 1.26 bits per heavy atom. The van der Waals surface area contributed by atoms with Gasteiger partial charge in [-0.25, -0.2) is 0 Å². The average Bonchev–Trinajstić information content (AvgIpc) is 2.61. The van der Waals surface area contributed by atoms with Gasteiger partial charge in [0, 0.05) is 31.0 Å². The summed E-state index contributed by atoms with van der Waals surface area (Å²) in [4.78, 5) is 23.5. The van der Waals surface area contributed by atoms with Crippen molar-refractivity contribution in [1.82, 2.24) is 5.32 Å². The zero-order valence-corrected chi connectivity index (χ0v) is 13.6. The van der Waals surface area contributed by atoms with E-state index in [1.165, 1.54) is 6.08 Å². The minimum Gasteiger partial charge on any atom is -0.381 e. The van der Waals surface area contributed by atoms with Crippen molar-refractivity contribution < 1.29 is 14.3 Å². The third kappa shape index (κ3) is 4.66. The molecule has 1 saturated heterocycles. The highest BCUT2D eigenvalue weighted by atomic mass is 16.5. The monoisotopic (exact) mass is 316 g/mol. The number of benzene rings is 1. The molecule has 0 spiro atoms. The van der Waals surface area contributed by atoms with E-state index in [2.05, 4.69) is 24.1 Å². The lowest BCUT2D eigenvalue weighted by molar-refractivity contribution is -0.111. The van der Waals surface area contributed by atoms with Crippen molar-refractivity contribution in [2.75, 3.05) is 25.1 Å². The summed E-state index contributed by atoms with van der Waals surface area (Å²) in [5.41, 5.74) is 1.37. The molecule has 5 nitrogen and oxygen atoms in total. The van der Waals surface area contributed by atoms with Crippen molar-refractivity contribution >= 4 is 17.5 Å². The number of nitrogens with one attached hydrogen (secondary N) is 2. The van der Waals surface area contributed by atoms with Gasteiger partial charge in [0.1, 0.15) is 0 Å². The van der Waals surface area contributed by atoms with Crippen molar-refractivity contribution in [1.29, 1.82) is 0 Å². The van der Waals surface area contributed by atoms with E-state index in [4.69, 9.17) is 4.74 Å². The third-order valence-electron chi connectivity index (χ3n) is 4.53. The molecule has 1 aliphatic rings. The number of rotatable bonds is 6. The first-order chi connectivity index (χ1) is 11.1. The van der Waals surface area contributed by atoms with Gasteiger partial charge in [-0.2, -0.15) is 0 Å². The van der Waals surface area contributed by atoms with Gasteiger partial charge in [0.15, 0.2) is 0 Å². The SMILES string of the molecule is C=CC(=O)Nc1ccc(C(=O)NCC2(CC)CCOCC2)cc1. The molecule has 0 saturated carbocycles. The second kappa shape index (κ2) is 7.92. The summed E-state index contributed by atoms with van der Waals surface area (Å²) in [6, 6.07) is 6.83. The van der Waals surface area contributed by atoms with E-state index in [9.17, 15) is 9.59 Å². The predicted molar refractivity (Wildman–Crippen MR) is 90.4 cm³/mol. The highest BCUT2D eigenvalue weighted by molar-refractivity contribution is 5.99. The fraction of sp³-hybridized carbons (Fsp3) is 0.444. The van der Waals surface area contributed by atoms with E-state index in [1.54, 1.807) is 24.3 Å². The maximum Gasteiger partial charge on any atom is 0.251 e. The molecule has 1 aromatic rings. The molecule has 5 heteroatoms. The van der Waals surface area contributed by atoms with Gasteiger partial charge in [-0.15, -0.1) is 0 Å². The molecule has 0 aromatic heterocycles. The van der Waals surface area contributed by atoms with Crippen molar-refractivity contribution in [3.8, 4) is 0 Å². The van der Waals surface area contributed by atoms with Crippen LogP contribution in [-0.2, 0) is 9.53 Å². The van der Waals surface area contributed by atoms with Crippen LogP contribution in [0.2, 0.25) is 0 Å². The number of anilines is 1. The van der Waals surface area contributed by atoms with Crippen LogP contribution in [0, 0.1) is 5.41 Å². The number of carbonyl (C=O) groups is 2. The van der Waals surface area contributed by atoms with Gasteiger partial charge in [-0.3, -0.25) is 9.59 Å². The fourth-order valence-electron chi connectivity index (χ4n) is 2.73. The second-order valence-electron chi connectivity index (χ2n) is 5.92. The van der Waals surface area contributed by atoms with Crippen LogP contribution in [0.5, 0.6) is 0 Å². The second-order valence-corrected chi connectivity index (χ2v) is 5.92. The lowest BCUT2D eigenvalue weighted by atomic mass is 9.78. The Kier molecular flexibility index (Phi) is 5.93. The Labute approximate surface area is 137 Å². The molecule has 1 aliphatic heterocycles. The van der Waals surface area contributed by atoms with Crippen molar-refractivity contribution in [2.24, 2.45) is 5.41 Å². The van der Waals surface area contributed by atoms with Crippen LogP contribution in [-0.4, -0.2) is 31.6 Å². The Bertz CT molecular complexity index is 560. The highest BCUT2D eigenvalue weighted by Gasteiger charge is 2.31. The number of hydrogen-bond acceptors (Lipinski definition) is 3. The van der Waals surface area contributed by atoms with E-state index in [-0.39, 0.29) is 17.2 Å². The maximum atomic E-state index is 12.3. The first kappa shape index (κ1) is 17.2. The van der Waals surface area contributed by atoms with E-state index in [0.717, 1.165) is 32.5 Å². The van der Waals surface area contributed by atoms with Gasteiger partial charge in [0.25, 0.3) is 5.91 Å².